The first-order valence-electron chi connectivity index (χ1n) is 5.80. The summed E-state index contributed by atoms with van der Waals surface area (Å²) in [5.74, 6) is 0.467. The number of nitrogens with two attached hydrogens (primary N) is 1. The predicted molar refractivity (Wildman–Crippen MR) is 67.2 cm³/mol. The molecule has 0 spiro atoms. The largest absolute Gasteiger partial charge is 0.459 e. The van der Waals surface area contributed by atoms with E-state index in [1.165, 1.54) is 12.1 Å². The monoisotopic (exact) mass is 235 g/mol. The molecule has 0 amide bonds. The minimum atomic E-state index is -0.255. The molecule has 1 heterocycles. The second-order valence-corrected chi connectivity index (χ2v) is 5.70. The fourth-order valence-electron chi connectivity index (χ4n) is 1.98. The van der Waals surface area contributed by atoms with E-state index >= 15 is 0 Å². The highest BCUT2D eigenvalue weighted by Crippen LogP contribution is 2.31. The van der Waals surface area contributed by atoms with Gasteiger partial charge < -0.3 is 10.2 Å². The highest BCUT2D eigenvalue weighted by atomic mass is 19.1. The van der Waals surface area contributed by atoms with Gasteiger partial charge in [0, 0.05) is 5.39 Å². The fourth-order valence-corrected chi connectivity index (χ4v) is 1.98. The van der Waals surface area contributed by atoms with Gasteiger partial charge in [0.1, 0.15) is 17.2 Å². The predicted octanol–water partition coefficient (Wildman–Crippen LogP) is 4.01. The number of hydrogen-bond donors (Lipinski definition) is 1. The molecule has 1 aromatic carbocycles. The molecule has 3 heteroatoms. The molecule has 92 valence electrons. The van der Waals surface area contributed by atoms with Gasteiger partial charge in [0.2, 0.25) is 0 Å². The normalized spacial score (nSPS) is 14.2. The topological polar surface area (TPSA) is 39.2 Å². The van der Waals surface area contributed by atoms with Crippen molar-refractivity contribution in [2.24, 2.45) is 11.1 Å². The van der Waals surface area contributed by atoms with Crippen molar-refractivity contribution in [1.82, 2.24) is 0 Å². The molecule has 0 bridgehead atoms. The third-order valence-corrected chi connectivity index (χ3v) is 2.70. The van der Waals surface area contributed by atoms with Gasteiger partial charge in [-0.15, -0.1) is 0 Å². The molecule has 0 radical (unpaired) electrons. The first kappa shape index (κ1) is 12.1. The van der Waals surface area contributed by atoms with E-state index in [1.54, 1.807) is 6.07 Å². The molecule has 0 saturated carbocycles. The van der Waals surface area contributed by atoms with E-state index in [1.807, 2.05) is 6.07 Å². The Morgan fingerprint density at radius 2 is 2.00 bits per heavy atom. The molecular weight excluding hydrogens is 217 g/mol. The smallest absolute Gasteiger partial charge is 0.134 e. The summed E-state index contributed by atoms with van der Waals surface area (Å²) in [5.41, 5.74) is 6.92. The van der Waals surface area contributed by atoms with Crippen molar-refractivity contribution in [3.63, 3.8) is 0 Å². The standard InChI is InChI=1S/C14H18FNO/c1-14(2,3)8-11(16)13-7-9-6-10(15)4-5-12(9)17-13/h4-7,11H,8,16H2,1-3H3. The van der Waals surface area contributed by atoms with Gasteiger partial charge in [-0.3, -0.25) is 0 Å². The van der Waals surface area contributed by atoms with Crippen LogP contribution in [0.25, 0.3) is 11.0 Å². The molecular formula is C14H18FNO. The van der Waals surface area contributed by atoms with Crippen molar-refractivity contribution in [2.45, 2.75) is 33.2 Å². The van der Waals surface area contributed by atoms with Gasteiger partial charge in [0.15, 0.2) is 0 Å². The van der Waals surface area contributed by atoms with Crippen LogP contribution >= 0.6 is 0 Å². The summed E-state index contributed by atoms with van der Waals surface area (Å²) < 4.78 is 18.7. The van der Waals surface area contributed by atoms with Crippen LogP contribution in [0.15, 0.2) is 28.7 Å². The van der Waals surface area contributed by atoms with Gasteiger partial charge in [-0.2, -0.15) is 0 Å². The van der Waals surface area contributed by atoms with Gasteiger partial charge >= 0.3 is 0 Å². The van der Waals surface area contributed by atoms with Crippen LogP contribution < -0.4 is 5.73 Å². The van der Waals surface area contributed by atoms with Gasteiger partial charge in [0.25, 0.3) is 0 Å². The summed E-state index contributed by atoms with van der Waals surface area (Å²) in [6.07, 6.45) is 0.829. The Morgan fingerprint density at radius 1 is 1.29 bits per heavy atom. The average molecular weight is 235 g/mol. The van der Waals surface area contributed by atoms with E-state index < -0.39 is 0 Å². The Bertz CT molecular complexity index is 524. The highest BCUT2D eigenvalue weighted by molar-refractivity contribution is 5.77. The molecule has 1 aromatic heterocycles. The van der Waals surface area contributed by atoms with Crippen LogP contribution in [0.1, 0.15) is 39.0 Å². The quantitative estimate of drug-likeness (QED) is 0.854. The van der Waals surface area contributed by atoms with Crippen molar-refractivity contribution >= 4 is 11.0 Å². The Kier molecular flexibility index (Phi) is 2.96. The van der Waals surface area contributed by atoms with E-state index in [-0.39, 0.29) is 17.3 Å². The molecule has 0 aliphatic carbocycles. The van der Waals surface area contributed by atoms with E-state index in [0.717, 1.165) is 17.6 Å². The molecule has 0 saturated heterocycles. The van der Waals surface area contributed by atoms with Crippen LogP contribution in [0.3, 0.4) is 0 Å². The molecule has 2 aromatic rings. The molecule has 2 nitrogen and oxygen atoms in total. The van der Waals surface area contributed by atoms with Crippen molar-refractivity contribution in [3.05, 3.63) is 35.8 Å². The van der Waals surface area contributed by atoms with Gasteiger partial charge in [-0.25, -0.2) is 4.39 Å². The zero-order valence-electron chi connectivity index (χ0n) is 10.5. The summed E-state index contributed by atoms with van der Waals surface area (Å²) in [7, 11) is 0. The first-order chi connectivity index (χ1) is 7.85. The lowest BCUT2D eigenvalue weighted by atomic mass is 9.87. The van der Waals surface area contributed by atoms with Crippen LogP contribution in [0, 0.1) is 11.2 Å². The maximum atomic E-state index is 13.0. The Labute approximate surface area is 101 Å². The van der Waals surface area contributed by atoms with Crippen LogP contribution in [-0.4, -0.2) is 0 Å². The molecule has 17 heavy (non-hydrogen) atoms. The third-order valence-electron chi connectivity index (χ3n) is 2.70. The molecule has 0 fully saturated rings. The van der Waals surface area contributed by atoms with E-state index in [9.17, 15) is 4.39 Å². The van der Waals surface area contributed by atoms with Gasteiger partial charge in [-0.05, 0) is 36.1 Å². The van der Waals surface area contributed by atoms with E-state index in [4.69, 9.17) is 10.2 Å². The summed E-state index contributed by atoms with van der Waals surface area (Å²) in [4.78, 5) is 0. The maximum Gasteiger partial charge on any atom is 0.134 e. The summed E-state index contributed by atoms with van der Waals surface area (Å²) in [5, 5.41) is 0.768. The van der Waals surface area contributed by atoms with Gasteiger partial charge in [0.05, 0.1) is 6.04 Å². The van der Waals surface area contributed by atoms with Crippen molar-refractivity contribution < 1.29 is 8.81 Å². The van der Waals surface area contributed by atoms with Crippen molar-refractivity contribution in [1.29, 1.82) is 0 Å². The SMILES string of the molecule is CC(C)(C)CC(N)c1cc2cc(F)ccc2o1. The van der Waals surface area contributed by atoms with E-state index in [0.29, 0.717) is 5.58 Å². The minimum absolute atomic E-state index is 0.143. The lowest BCUT2D eigenvalue weighted by Gasteiger charge is -2.21. The first-order valence-corrected chi connectivity index (χ1v) is 5.80. The maximum absolute atomic E-state index is 13.0. The molecule has 0 aliphatic heterocycles. The molecule has 1 atom stereocenters. The lowest BCUT2D eigenvalue weighted by Crippen LogP contribution is -2.18. The highest BCUT2D eigenvalue weighted by Gasteiger charge is 2.19. The number of halogens is 1. The summed E-state index contributed by atoms with van der Waals surface area (Å²) in [6.45, 7) is 6.40. The number of furan rings is 1. The second-order valence-electron chi connectivity index (χ2n) is 5.70. The number of benzene rings is 1. The zero-order chi connectivity index (χ0) is 12.6. The van der Waals surface area contributed by atoms with Crippen molar-refractivity contribution in [3.8, 4) is 0 Å². The molecule has 2 rings (SSSR count). The number of fused-ring (bicyclic) bond motifs is 1. The zero-order valence-corrected chi connectivity index (χ0v) is 10.5. The average Bonchev–Trinajstić information content (AvgIpc) is 2.57. The van der Waals surface area contributed by atoms with Crippen LogP contribution in [0.4, 0.5) is 4.39 Å². The Hall–Kier alpha value is -1.35. The van der Waals surface area contributed by atoms with Crippen molar-refractivity contribution in [2.75, 3.05) is 0 Å². The summed E-state index contributed by atoms with van der Waals surface area (Å²) >= 11 is 0. The third kappa shape index (κ3) is 2.86. The van der Waals surface area contributed by atoms with Crippen LogP contribution in [0.2, 0.25) is 0 Å². The number of rotatable bonds is 2. The molecule has 2 N–H and O–H groups in total. The molecule has 1 unspecified atom stereocenters. The Balaban J connectivity index is 2.30. The van der Waals surface area contributed by atoms with Crippen LogP contribution in [-0.2, 0) is 0 Å². The lowest BCUT2D eigenvalue weighted by molar-refractivity contribution is 0.321. The fraction of sp³-hybridized carbons (Fsp3) is 0.429. The molecule has 0 aliphatic rings. The Morgan fingerprint density at radius 3 is 2.65 bits per heavy atom. The van der Waals surface area contributed by atoms with Crippen LogP contribution in [0.5, 0.6) is 0 Å². The van der Waals surface area contributed by atoms with E-state index in [2.05, 4.69) is 20.8 Å². The summed E-state index contributed by atoms with van der Waals surface area (Å²) in [6, 6.07) is 6.18. The minimum Gasteiger partial charge on any atom is -0.459 e. The second kappa shape index (κ2) is 4.15. The van der Waals surface area contributed by atoms with Gasteiger partial charge in [-0.1, -0.05) is 20.8 Å². The number of hydrogen-bond acceptors (Lipinski definition) is 2.